The van der Waals surface area contributed by atoms with Gasteiger partial charge in [0.05, 0.1) is 6.61 Å². The number of likely N-dealkylation sites (N-methyl/N-ethyl adjacent to an activating group) is 1. The summed E-state index contributed by atoms with van der Waals surface area (Å²) in [6.45, 7) is -4.57. The summed E-state index contributed by atoms with van der Waals surface area (Å²) in [6, 6.07) is 0. The maximum absolute atomic E-state index is 15.0. The highest BCUT2D eigenvalue weighted by atomic mass is 32.2. The van der Waals surface area contributed by atoms with E-state index >= 15 is 0 Å². The van der Waals surface area contributed by atoms with Gasteiger partial charge in [-0.25, -0.2) is 17.2 Å². The molecule has 0 radical (unpaired) electrons. The van der Waals surface area contributed by atoms with Gasteiger partial charge in [0.1, 0.15) is 0 Å². The SMILES string of the molecule is CCN(CCO)S(=O)(=O)C(F)(C(F)(F)F)C1(F)C(F)(F)C(F)(F)C(F)(F)C(F)(F)C1(F)F. The van der Waals surface area contributed by atoms with Crippen LogP contribution in [0.4, 0.5) is 65.9 Å². The van der Waals surface area contributed by atoms with Crippen molar-refractivity contribution in [2.45, 2.75) is 53.4 Å². The molecule has 0 aliphatic heterocycles. The molecule has 0 aromatic heterocycles. The maximum atomic E-state index is 15.0. The number of aliphatic hydroxyl groups is 1. The zero-order chi connectivity index (χ0) is 26.2. The third kappa shape index (κ3) is 2.70. The molecule has 1 aliphatic rings. The molecule has 0 spiro atoms. The number of rotatable bonds is 6. The van der Waals surface area contributed by atoms with Crippen molar-refractivity contribution in [3.63, 3.8) is 0 Å². The van der Waals surface area contributed by atoms with Gasteiger partial charge in [-0.15, -0.1) is 0 Å². The lowest BCUT2D eigenvalue weighted by molar-refractivity contribution is -0.502. The van der Waals surface area contributed by atoms with Crippen LogP contribution in [0.25, 0.3) is 0 Å². The van der Waals surface area contributed by atoms with Gasteiger partial charge in [0, 0.05) is 13.1 Å². The van der Waals surface area contributed by atoms with Crippen LogP contribution in [0, 0.1) is 0 Å². The summed E-state index contributed by atoms with van der Waals surface area (Å²) in [4.78, 5) is 0. The fraction of sp³-hybridized carbons (Fsp3) is 1.00. The Kier molecular flexibility index (Phi) is 6.45. The summed E-state index contributed by atoms with van der Waals surface area (Å²) in [5, 5.41) is 0.514. The first-order valence-electron chi connectivity index (χ1n) is 7.71. The largest absolute Gasteiger partial charge is 0.442 e. The molecule has 0 heterocycles. The molecule has 1 fully saturated rings. The first kappa shape index (κ1) is 28.9. The van der Waals surface area contributed by atoms with Gasteiger partial charge in [0.15, 0.2) is 0 Å². The number of alkyl halides is 15. The zero-order valence-electron chi connectivity index (χ0n) is 14.9. The Hall–Kier alpha value is -1.18. The van der Waals surface area contributed by atoms with Crippen LogP contribution in [0.3, 0.4) is 0 Å². The van der Waals surface area contributed by atoms with Gasteiger partial charge >= 0.3 is 46.5 Å². The highest BCUT2D eigenvalue weighted by molar-refractivity contribution is 7.90. The minimum atomic E-state index is -8.55. The zero-order valence-corrected chi connectivity index (χ0v) is 15.7. The van der Waals surface area contributed by atoms with Crippen LogP contribution in [0.5, 0.6) is 0 Å². The summed E-state index contributed by atoms with van der Waals surface area (Å²) in [5.41, 5.74) is -8.55. The van der Waals surface area contributed by atoms with Crippen molar-refractivity contribution in [3.8, 4) is 0 Å². The van der Waals surface area contributed by atoms with Gasteiger partial charge in [-0.2, -0.15) is 61.4 Å². The Balaban J connectivity index is 4.36. The van der Waals surface area contributed by atoms with Crippen LogP contribution < -0.4 is 0 Å². The molecular weight excluding hydrogens is 523 g/mol. The van der Waals surface area contributed by atoms with Gasteiger partial charge in [-0.1, -0.05) is 6.92 Å². The van der Waals surface area contributed by atoms with E-state index in [0.29, 0.717) is 6.92 Å². The van der Waals surface area contributed by atoms with Gasteiger partial charge < -0.3 is 5.11 Å². The molecule has 1 aliphatic carbocycles. The molecule has 20 heteroatoms. The van der Waals surface area contributed by atoms with E-state index in [1.165, 1.54) is 0 Å². The van der Waals surface area contributed by atoms with E-state index < -0.39 is 80.5 Å². The number of halogens is 15. The van der Waals surface area contributed by atoms with E-state index in [4.69, 9.17) is 5.11 Å². The molecule has 0 bridgehead atoms. The molecule has 1 N–H and O–H groups in total. The van der Waals surface area contributed by atoms with E-state index in [1.807, 2.05) is 0 Å². The Bertz CT molecular complexity index is 809. The van der Waals surface area contributed by atoms with Crippen molar-refractivity contribution in [1.82, 2.24) is 4.31 Å². The summed E-state index contributed by atoms with van der Waals surface area (Å²) in [6.07, 6.45) is -7.96. The van der Waals surface area contributed by atoms with Gasteiger partial charge in [-0.3, -0.25) is 0 Å². The minimum Gasteiger partial charge on any atom is -0.395 e. The topological polar surface area (TPSA) is 57.6 Å². The standard InChI is InChI=1S/C12H10F15NO3S/c1-2-28(3-4-29)32(30,31)11(24,12(25,26)27)5(13)6(14,15)8(18,19)10(22,23)9(20,21)7(5,16)17/h29H,2-4H2,1H3. The molecule has 32 heavy (non-hydrogen) atoms. The lowest BCUT2D eigenvalue weighted by Crippen LogP contribution is -2.90. The van der Waals surface area contributed by atoms with Gasteiger partial charge in [0.25, 0.3) is 10.0 Å². The predicted octanol–water partition coefficient (Wildman–Crippen LogP) is 3.76. The number of sulfonamides is 1. The number of hydrogen-bond donors (Lipinski definition) is 1. The van der Waals surface area contributed by atoms with Crippen molar-refractivity contribution >= 4 is 10.0 Å². The monoisotopic (exact) mass is 533 g/mol. The maximum Gasteiger partial charge on any atom is 0.442 e. The van der Waals surface area contributed by atoms with Crippen LogP contribution in [0.15, 0.2) is 0 Å². The van der Waals surface area contributed by atoms with Gasteiger partial charge in [0.2, 0.25) is 0 Å². The second kappa shape index (κ2) is 7.16. The first-order chi connectivity index (χ1) is 13.8. The number of aliphatic hydroxyl groups excluding tert-OH is 1. The summed E-state index contributed by atoms with van der Waals surface area (Å²) in [7, 11) is -7.84. The second-order valence-corrected chi connectivity index (χ2v) is 8.37. The van der Waals surface area contributed by atoms with Crippen LogP contribution in [-0.4, -0.2) is 84.0 Å². The molecule has 4 nitrogen and oxygen atoms in total. The molecule has 0 aromatic rings. The quantitative estimate of drug-likeness (QED) is 0.530. The fourth-order valence-corrected chi connectivity index (χ4v) is 4.80. The molecule has 0 amide bonds. The van der Waals surface area contributed by atoms with E-state index in [1.54, 1.807) is 0 Å². The van der Waals surface area contributed by atoms with Crippen LogP contribution in [0.2, 0.25) is 0 Å². The van der Waals surface area contributed by atoms with E-state index in [0.717, 1.165) is 0 Å². The van der Waals surface area contributed by atoms with E-state index in [-0.39, 0.29) is 0 Å². The molecule has 1 unspecified atom stereocenters. The minimum absolute atomic E-state index is 0.420. The predicted molar refractivity (Wildman–Crippen MR) is 71.7 cm³/mol. The lowest BCUT2D eigenvalue weighted by Gasteiger charge is -2.55. The van der Waals surface area contributed by atoms with Crippen molar-refractivity contribution in [2.24, 2.45) is 0 Å². The normalized spacial score (nSPS) is 27.7. The highest BCUT2D eigenvalue weighted by Gasteiger charge is 3.08. The smallest absolute Gasteiger partial charge is 0.395 e. The molecular formula is C12H10F15NO3S. The van der Waals surface area contributed by atoms with Gasteiger partial charge in [-0.05, 0) is 0 Å². The van der Waals surface area contributed by atoms with Crippen molar-refractivity contribution in [3.05, 3.63) is 0 Å². The summed E-state index contributed by atoms with van der Waals surface area (Å²) >= 11 is 0. The molecule has 1 saturated carbocycles. The van der Waals surface area contributed by atoms with E-state index in [2.05, 4.69) is 0 Å². The summed E-state index contributed by atoms with van der Waals surface area (Å²) in [5.74, 6) is -41.2. The van der Waals surface area contributed by atoms with E-state index in [9.17, 15) is 74.3 Å². The Morgan fingerprint density at radius 2 is 1.03 bits per heavy atom. The van der Waals surface area contributed by atoms with Crippen molar-refractivity contribution in [2.75, 3.05) is 19.7 Å². The Morgan fingerprint density at radius 1 is 0.719 bits per heavy atom. The number of nitrogens with zero attached hydrogens (tertiary/aromatic N) is 1. The molecule has 1 rings (SSSR count). The Labute approximate surface area is 168 Å². The van der Waals surface area contributed by atoms with Crippen molar-refractivity contribution < 1.29 is 79.4 Å². The molecule has 0 aromatic carbocycles. The number of hydrogen-bond acceptors (Lipinski definition) is 3. The lowest BCUT2D eigenvalue weighted by atomic mass is 9.69. The second-order valence-electron chi connectivity index (χ2n) is 6.34. The summed E-state index contributed by atoms with van der Waals surface area (Å²) < 4.78 is 229. The highest BCUT2D eigenvalue weighted by Crippen LogP contribution is 2.74. The third-order valence-corrected chi connectivity index (χ3v) is 6.99. The van der Waals surface area contributed by atoms with Crippen LogP contribution >= 0.6 is 0 Å². The molecule has 192 valence electrons. The average molecular weight is 533 g/mol. The Morgan fingerprint density at radius 3 is 1.28 bits per heavy atom. The third-order valence-electron chi connectivity index (χ3n) is 4.65. The first-order valence-corrected chi connectivity index (χ1v) is 9.15. The van der Waals surface area contributed by atoms with Crippen LogP contribution in [-0.2, 0) is 10.0 Å². The van der Waals surface area contributed by atoms with Crippen molar-refractivity contribution in [1.29, 1.82) is 0 Å². The fourth-order valence-electron chi connectivity index (χ4n) is 2.88. The van der Waals surface area contributed by atoms with Crippen LogP contribution in [0.1, 0.15) is 6.92 Å². The average Bonchev–Trinajstić information content (AvgIpc) is 2.61. The molecule has 0 saturated heterocycles. The molecule has 1 atom stereocenters.